The summed E-state index contributed by atoms with van der Waals surface area (Å²) in [5.74, 6) is 1.09. The summed E-state index contributed by atoms with van der Waals surface area (Å²) in [6.07, 6.45) is 4.09. The average Bonchev–Trinajstić information content (AvgIpc) is 2.58. The predicted molar refractivity (Wildman–Crippen MR) is 60.1 cm³/mol. The van der Waals surface area contributed by atoms with Gasteiger partial charge in [-0.25, -0.2) is 4.98 Å². The lowest BCUT2D eigenvalue weighted by molar-refractivity contribution is 0.742. The van der Waals surface area contributed by atoms with Crippen molar-refractivity contribution in [3.8, 4) is 0 Å². The smallest absolute Gasteiger partial charge is 0.139 e. The van der Waals surface area contributed by atoms with Crippen LogP contribution < -0.4 is 4.90 Å². The van der Waals surface area contributed by atoms with E-state index in [0.717, 1.165) is 30.8 Å². The first-order chi connectivity index (χ1) is 7.40. The average molecular weight is 202 g/mol. The van der Waals surface area contributed by atoms with Gasteiger partial charge in [-0.2, -0.15) is 5.10 Å². The van der Waals surface area contributed by atoms with Gasteiger partial charge in [0.15, 0.2) is 0 Å². The van der Waals surface area contributed by atoms with E-state index in [9.17, 15) is 0 Å². The maximum absolute atomic E-state index is 4.49. The maximum atomic E-state index is 4.49. The summed E-state index contributed by atoms with van der Waals surface area (Å²) in [5.41, 5.74) is 2.28. The van der Waals surface area contributed by atoms with Crippen molar-refractivity contribution in [1.82, 2.24) is 15.2 Å². The molecule has 1 N–H and O–H groups in total. The standard InChI is InChI=1S/C11H14N4/c1-2-15-7-3-4-8-10-9(14-13-8)5-6-12-11(10)15/h5-6H,2-4,7H2,1H3,(H,13,14). The quantitative estimate of drug-likeness (QED) is 0.766. The van der Waals surface area contributed by atoms with Crippen molar-refractivity contribution >= 4 is 16.7 Å². The number of anilines is 1. The Bertz CT molecular complexity index is 488. The van der Waals surface area contributed by atoms with E-state index in [1.807, 2.05) is 12.3 Å². The fourth-order valence-corrected chi connectivity index (χ4v) is 2.29. The van der Waals surface area contributed by atoms with Crippen LogP contribution in [0.15, 0.2) is 12.3 Å². The molecule has 3 heterocycles. The van der Waals surface area contributed by atoms with E-state index in [2.05, 4.69) is 27.0 Å². The lowest BCUT2D eigenvalue weighted by Gasteiger charge is -2.20. The molecule has 4 nitrogen and oxygen atoms in total. The summed E-state index contributed by atoms with van der Waals surface area (Å²) in [7, 11) is 0. The highest BCUT2D eigenvalue weighted by molar-refractivity contribution is 5.92. The number of pyridine rings is 1. The summed E-state index contributed by atoms with van der Waals surface area (Å²) < 4.78 is 0. The van der Waals surface area contributed by atoms with E-state index < -0.39 is 0 Å². The molecule has 3 rings (SSSR count). The highest BCUT2D eigenvalue weighted by atomic mass is 15.2. The number of rotatable bonds is 1. The summed E-state index contributed by atoms with van der Waals surface area (Å²) in [5, 5.41) is 8.65. The van der Waals surface area contributed by atoms with Crippen LogP contribution in [-0.4, -0.2) is 28.3 Å². The summed E-state index contributed by atoms with van der Waals surface area (Å²) >= 11 is 0. The lowest BCUT2D eigenvalue weighted by atomic mass is 10.2. The Morgan fingerprint density at radius 3 is 3.33 bits per heavy atom. The Balaban J connectivity index is 2.30. The van der Waals surface area contributed by atoms with Crippen molar-refractivity contribution in [3.05, 3.63) is 18.0 Å². The molecule has 2 aromatic heterocycles. The molecule has 15 heavy (non-hydrogen) atoms. The van der Waals surface area contributed by atoms with Crippen LogP contribution in [0, 0.1) is 0 Å². The van der Waals surface area contributed by atoms with Crippen LogP contribution in [0.2, 0.25) is 0 Å². The number of hydrogen-bond donors (Lipinski definition) is 1. The van der Waals surface area contributed by atoms with Crippen molar-refractivity contribution in [1.29, 1.82) is 0 Å². The SMILES string of the molecule is CCN1CCCc2[nH]nc3ccnc1c23. The van der Waals surface area contributed by atoms with Gasteiger partial charge in [0, 0.05) is 25.0 Å². The molecule has 0 fully saturated rings. The molecular formula is C11H14N4. The predicted octanol–water partition coefficient (Wildman–Crippen LogP) is 1.73. The molecule has 0 bridgehead atoms. The first-order valence-corrected chi connectivity index (χ1v) is 5.47. The molecule has 0 spiro atoms. The number of H-pyrrole nitrogens is 1. The minimum Gasteiger partial charge on any atom is -0.356 e. The van der Waals surface area contributed by atoms with E-state index in [1.54, 1.807) is 0 Å². The number of aromatic amines is 1. The second-order valence-corrected chi connectivity index (χ2v) is 3.91. The lowest BCUT2D eigenvalue weighted by Crippen LogP contribution is -2.24. The van der Waals surface area contributed by atoms with Crippen LogP contribution in [0.25, 0.3) is 10.9 Å². The summed E-state index contributed by atoms with van der Waals surface area (Å²) in [6.45, 7) is 4.27. The zero-order valence-electron chi connectivity index (χ0n) is 8.82. The van der Waals surface area contributed by atoms with Crippen molar-refractivity contribution in [2.24, 2.45) is 0 Å². The van der Waals surface area contributed by atoms with Crippen LogP contribution in [-0.2, 0) is 6.42 Å². The van der Waals surface area contributed by atoms with Crippen LogP contribution in [0.5, 0.6) is 0 Å². The Hall–Kier alpha value is -1.58. The van der Waals surface area contributed by atoms with E-state index in [1.165, 1.54) is 17.5 Å². The van der Waals surface area contributed by atoms with E-state index >= 15 is 0 Å². The number of hydrogen-bond acceptors (Lipinski definition) is 3. The van der Waals surface area contributed by atoms with Crippen LogP contribution in [0.4, 0.5) is 5.82 Å². The van der Waals surface area contributed by atoms with E-state index in [0.29, 0.717) is 0 Å². The molecular weight excluding hydrogens is 188 g/mol. The van der Waals surface area contributed by atoms with Gasteiger partial charge >= 0.3 is 0 Å². The zero-order chi connectivity index (χ0) is 10.3. The highest BCUT2D eigenvalue weighted by Gasteiger charge is 2.18. The molecule has 0 unspecified atom stereocenters. The third-order valence-electron chi connectivity index (χ3n) is 3.06. The van der Waals surface area contributed by atoms with E-state index in [4.69, 9.17) is 0 Å². The fourth-order valence-electron chi connectivity index (χ4n) is 2.29. The molecule has 78 valence electrons. The number of nitrogens with zero attached hydrogens (tertiary/aromatic N) is 3. The highest BCUT2D eigenvalue weighted by Crippen LogP contribution is 2.29. The third kappa shape index (κ3) is 1.21. The Labute approximate surface area is 88.3 Å². The minimum atomic E-state index is 1.01. The number of nitrogens with one attached hydrogen (secondary N) is 1. The first kappa shape index (κ1) is 8.71. The summed E-state index contributed by atoms with van der Waals surface area (Å²) in [4.78, 5) is 6.82. The Kier molecular flexibility index (Phi) is 1.87. The van der Waals surface area contributed by atoms with Crippen LogP contribution in [0.1, 0.15) is 19.0 Å². The van der Waals surface area contributed by atoms with Crippen LogP contribution >= 0.6 is 0 Å². The van der Waals surface area contributed by atoms with E-state index in [-0.39, 0.29) is 0 Å². The normalized spacial score (nSPS) is 15.7. The molecule has 0 aromatic carbocycles. The molecule has 0 amide bonds. The minimum absolute atomic E-state index is 1.01. The Morgan fingerprint density at radius 1 is 1.53 bits per heavy atom. The molecule has 0 saturated heterocycles. The Morgan fingerprint density at radius 2 is 2.47 bits per heavy atom. The van der Waals surface area contributed by atoms with Gasteiger partial charge < -0.3 is 4.90 Å². The molecule has 0 aliphatic carbocycles. The first-order valence-electron chi connectivity index (χ1n) is 5.47. The monoisotopic (exact) mass is 202 g/mol. The van der Waals surface area contributed by atoms with Gasteiger partial charge in [-0.05, 0) is 25.8 Å². The number of aromatic nitrogens is 3. The molecule has 0 saturated carbocycles. The maximum Gasteiger partial charge on any atom is 0.139 e. The van der Waals surface area contributed by atoms with Crippen molar-refractivity contribution in [2.75, 3.05) is 18.0 Å². The van der Waals surface area contributed by atoms with Crippen molar-refractivity contribution in [3.63, 3.8) is 0 Å². The van der Waals surface area contributed by atoms with Gasteiger partial charge in [0.2, 0.25) is 0 Å². The summed E-state index contributed by atoms with van der Waals surface area (Å²) in [6, 6.07) is 1.97. The topological polar surface area (TPSA) is 44.8 Å². The second-order valence-electron chi connectivity index (χ2n) is 3.91. The molecule has 4 heteroatoms. The zero-order valence-corrected chi connectivity index (χ0v) is 8.82. The van der Waals surface area contributed by atoms with Gasteiger partial charge in [0.05, 0.1) is 10.9 Å². The van der Waals surface area contributed by atoms with Gasteiger partial charge in [-0.3, -0.25) is 5.10 Å². The second kappa shape index (κ2) is 3.22. The largest absolute Gasteiger partial charge is 0.356 e. The van der Waals surface area contributed by atoms with Gasteiger partial charge in [-0.15, -0.1) is 0 Å². The molecule has 1 aliphatic heterocycles. The van der Waals surface area contributed by atoms with Gasteiger partial charge in [0.25, 0.3) is 0 Å². The molecule has 1 aliphatic rings. The molecule has 0 radical (unpaired) electrons. The van der Waals surface area contributed by atoms with Crippen molar-refractivity contribution in [2.45, 2.75) is 19.8 Å². The van der Waals surface area contributed by atoms with Crippen molar-refractivity contribution < 1.29 is 0 Å². The number of aryl methyl sites for hydroxylation is 1. The molecule has 0 atom stereocenters. The van der Waals surface area contributed by atoms with Gasteiger partial charge in [0.1, 0.15) is 5.82 Å². The third-order valence-corrected chi connectivity index (χ3v) is 3.06. The van der Waals surface area contributed by atoms with Gasteiger partial charge in [-0.1, -0.05) is 0 Å². The van der Waals surface area contributed by atoms with Crippen LogP contribution in [0.3, 0.4) is 0 Å². The molecule has 2 aromatic rings. The fraction of sp³-hybridized carbons (Fsp3) is 0.455.